The molecular formula is C58H68Cu2N8. The first-order chi connectivity index (χ1) is 31.5. The topological polar surface area (TPSA) is 106 Å². The fourth-order valence-corrected chi connectivity index (χ4v) is 9.94. The Morgan fingerprint density at radius 2 is 0.779 bits per heavy atom. The van der Waals surface area contributed by atoms with Gasteiger partial charge in [-0.2, -0.15) is 23.8 Å². The molecule has 0 amide bonds. The second kappa shape index (κ2) is 22.5. The zero-order chi connectivity index (χ0) is 47.7. The molecule has 8 nitrogen and oxygen atoms in total. The smallest absolute Gasteiger partial charge is 0.664 e. The number of hydrogen-bond acceptors (Lipinski definition) is 4. The van der Waals surface area contributed by atoms with Crippen LogP contribution in [0, 0.1) is 41.5 Å². The van der Waals surface area contributed by atoms with Gasteiger partial charge < -0.3 is 19.9 Å². The summed E-state index contributed by atoms with van der Waals surface area (Å²) < 4.78 is 0. The van der Waals surface area contributed by atoms with Gasteiger partial charge in [-0.15, -0.1) is 22.8 Å². The van der Waals surface area contributed by atoms with Gasteiger partial charge in [0, 0.05) is 23.9 Å². The maximum atomic E-state index is 4.91. The fraction of sp³-hybridized carbons (Fsp3) is 0.379. The summed E-state index contributed by atoms with van der Waals surface area (Å²) in [5.74, 6) is 0. The first-order valence-electron chi connectivity index (χ1n) is 23.8. The minimum Gasteiger partial charge on any atom is -0.664 e. The molecule has 0 saturated heterocycles. The number of aromatic nitrogens is 4. The Labute approximate surface area is 427 Å². The molecule has 2 radical (unpaired) electrons. The van der Waals surface area contributed by atoms with Crippen molar-refractivity contribution in [1.29, 1.82) is 0 Å². The molecule has 8 rings (SSSR count). The number of nitrogens with zero attached hydrogens (tertiary/aromatic N) is 8. The predicted molar refractivity (Wildman–Crippen MR) is 280 cm³/mol. The van der Waals surface area contributed by atoms with Crippen LogP contribution in [0.3, 0.4) is 0 Å². The van der Waals surface area contributed by atoms with Gasteiger partial charge in [-0.05, 0) is 152 Å². The Morgan fingerprint density at radius 3 is 1.12 bits per heavy atom. The molecule has 0 saturated carbocycles. The molecular weight excluding hydrogens is 936 g/mol. The summed E-state index contributed by atoms with van der Waals surface area (Å²) in [7, 11) is 0. The minimum absolute atomic E-state index is 0. The number of aliphatic imine (C=N–C) groups is 4. The quantitative estimate of drug-likeness (QED) is 0.132. The summed E-state index contributed by atoms with van der Waals surface area (Å²) in [6.45, 7) is 34.4. The molecule has 0 aromatic carbocycles. The average Bonchev–Trinajstić information content (AvgIpc) is 4.17. The summed E-state index contributed by atoms with van der Waals surface area (Å²) in [5, 5.41) is 0. The Balaban J connectivity index is 0.000000247. The van der Waals surface area contributed by atoms with Crippen LogP contribution < -0.4 is 19.9 Å². The Hall–Kier alpha value is -5.24. The van der Waals surface area contributed by atoms with Crippen molar-refractivity contribution in [1.82, 2.24) is 19.9 Å². The Morgan fingerprint density at radius 1 is 0.426 bits per heavy atom. The molecule has 0 unspecified atom stereocenters. The van der Waals surface area contributed by atoms with Crippen molar-refractivity contribution in [2.24, 2.45) is 20.0 Å². The summed E-state index contributed by atoms with van der Waals surface area (Å²) in [4.78, 5) is 38.1. The minimum atomic E-state index is 0. The summed E-state index contributed by atoms with van der Waals surface area (Å²) in [6.07, 6.45) is 22.1. The van der Waals surface area contributed by atoms with Crippen molar-refractivity contribution >= 4 is 48.2 Å². The van der Waals surface area contributed by atoms with Crippen molar-refractivity contribution in [2.75, 3.05) is 0 Å². The van der Waals surface area contributed by atoms with E-state index < -0.39 is 0 Å². The molecule has 4 aliphatic rings. The van der Waals surface area contributed by atoms with Gasteiger partial charge in [0.2, 0.25) is 0 Å². The zero-order valence-corrected chi connectivity index (χ0v) is 44.9. The van der Waals surface area contributed by atoms with Crippen molar-refractivity contribution in [2.45, 2.75) is 149 Å². The Bertz CT molecular complexity index is 2810. The monoisotopic (exact) mass is 1000 g/mol. The Kier molecular flexibility index (Phi) is 17.7. The molecule has 10 heteroatoms. The molecule has 0 fully saturated rings. The third-order valence-corrected chi connectivity index (χ3v) is 14.2. The molecule has 68 heavy (non-hydrogen) atoms. The van der Waals surface area contributed by atoms with E-state index in [1.807, 2.05) is 24.8 Å². The molecule has 362 valence electrons. The van der Waals surface area contributed by atoms with Crippen LogP contribution >= 0.6 is 0 Å². The zero-order valence-electron chi connectivity index (χ0n) is 43.0. The number of allylic oxidation sites excluding steroid dienone is 8. The van der Waals surface area contributed by atoms with Gasteiger partial charge in [-0.25, -0.2) is 0 Å². The van der Waals surface area contributed by atoms with E-state index in [0.717, 1.165) is 107 Å². The van der Waals surface area contributed by atoms with Crippen LogP contribution in [0.4, 0.5) is 0 Å². The number of rotatable bonds is 12. The van der Waals surface area contributed by atoms with Crippen LogP contribution in [0.15, 0.2) is 99.7 Å². The third-order valence-electron chi connectivity index (χ3n) is 14.2. The molecule has 0 aliphatic carbocycles. The van der Waals surface area contributed by atoms with Crippen LogP contribution in [-0.4, -0.2) is 23.9 Å². The van der Waals surface area contributed by atoms with E-state index in [9.17, 15) is 0 Å². The van der Waals surface area contributed by atoms with Gasteiger partial charge >= 0.3 is 34.1 Å². The first-order valence-corrected chi connectivity index (χ1v) is 23.8. The standard InChI is InChI=1S/2C29H34N4.2Cu/c2*1-9-22-16(3)14-30-28(22)12-26-18(5)24(20(7)32-26)11-25-19(6)27(33-21(25)8)13-29-23(10-2)17(4)15-31-29;;/h2*12-15H,9-11H2,1-8H3;;/q2*-2;2*+2/b26-12+,29-13+;26-12-,29-13+;;. The molecule has 4 aromatic rings. The normalized spacial score (nSPS) is 18.1. The fourth-order valence-electron chi connectivity index (χ4n) is 9.94. The van der Waals surface area contributed by atoms with Gasteiger partial charge in [0.05, 0.1) is 22.8 Å². The molecule has 8 heterocycles. The van der Waals surface area contributed by atoms with E-state index in [1.165, 1.54) is 89.1 Å². The third kappa shape index (κ3) is 10.6. The van der Waals surface area contributed by atoms with Crippen LogP contribution in [0.1, 0.15) is 161 Å². The van der Waals surface area contributed by atoms with Crippen molar-refractivity contribution in [3.8, 4) is 0 Å². The van der Waals surface area contributed by atoms with E-state index in [2.05, 4.69) is 155 Å². The average molecular weight is 1000 g/mol. The predicted octanol–water partition coefficient (Wildman–Crippen LogP) is 13.2. The van der Waals surface area contributed by atoms with Gasteiger partial charge in [-0.1, -0.05) is 110 Å². The summed E-state index contributed by atoms with van der Waals surface area (Å²) >= 11 is 0. The number of aryl methyl sites for hydroxylation is 4. The molecule has 0 atom stereocenters. The van der Waals surface area contributed by atoms with Crippen molar-refractivity contribution < 1.29 is 34.1 Å². The maximum Gasteiger partial charge on any atom is 2.00 e. The van der Waals surface area contributed by atoms with Crippen LogP contribution in [0.5, 0.6) is 0 Å². The van der Waals surface area contributed by atoms with E-state index in [0.29, 0.717) is 0 Å². The van der Waals surface area contributed by atoms with Crippen LogP contribution in [-0.2, 0) is 59.8 Å². The maximum absolute atomic E-state index is 4.91. The van der Waals surface area contributed by atoms with E-state index >= 15 is 0 Å². The second-order valence-electron chi connectivity index (χ2n) is 18.3. The van der Waals surface area contributed by atoms with E-state index in [1.54, 1.807) is 0 Å². The van der Waals surface area contributed by atoms with Gasteiger partial charge in [0.15, 0.2) is 0 Å². The van der Waals surface area contributed by atoms with Gasteiger partial charge in [-0.3, -0.25) is 20.0 Å². The van der Waals surface area contributed by atoms with Gasteiger partial charge in [0.25, 0.3) is 0 Å². The SMILES string of the molecule is CCC1=C(C)C=N/C1=C/c1[n-]c(C)c(CC2=C(C)/C(=C/c3[n-]cc(C)c3CC)N=C2C)c1C.CCC1=C(C)C=N/C1=C/c1[n-]c(C)c(CC2=C(C)/C(=C\c3[n-]cc(C)c3CC)N=C2C)c1C.[Cu+2].[Cu+2]. The van der Waals surface area contributed by atoms with E-state index in [4.69, 9.17) is 20.0 Å². The molecule has 0 bridgehead atoms. The summed E-state index contributed by atoms with van der Waals surface area (Å²) in [5.41, 5.74) is 33.1. The van der Waals surface area contributed by atoms with Gasteiger partial charge in [0.1, 0.15) is 0 Å². The van der Waals surface area contributed by atoms with Crippen molar-refractivity contribution in [3.63, 3.8) is 0 Å². The molecule has 4 aliphatic heterocycles. The second-order valence-corrected chi connectivity index (χ2v) is 18.3. The van der Waals surface area contributed by atoms with E-state index in [-0.39, 0.29) is 34.1 Å². The molecule has 4 aromatic heterocycles. The number of hydrogen-bond donors (Lipinski definition) is 0. The van der Waals surface area contributed by atoms with Crippen molar-refractivity contribution in [3.05, 3.63) is 158 Å². The molecule has 0 N–H and O–H groups in total. The largest absolute Gasteiger partial charge is 2.00 e. The summed E-state index contributed by atoms with van der Waals surface area (Å²) in [6, 6.07) is 0. The van der Waals surface area contributed by atoms with Crippen LogP contribution in [0.25, 0.3) is 24.3 Å². The molecule has 0 spiro atoms. The van der Waals surface area contributed by atoms with Crippen LogP contribution in [0.2, 0.25) is 0 Å². The first kappa shape index (κ1) is 53.7.